The maximum Gasteiger partial charge on any atom is 0.472 e. The minimum Gasteiger partial charge on any atom is -0.456 e. The van der Waals surface area contributed by atoms with Crippen LogP contribution in [0.25, 0.3) is 0 Å². The molecule has 0 saturated carbocycles. The molecule has 0 fully saturated rings. The van der Waals surface area contributed by atoms with Crippen LogP contribution in [0.4, 0.5) is 0 Å². The summed E-state index contributed by atoms with van der Waals surface area (Å²) in [5.41, 5.74) is 0. The van der Waals surface area contributed by atoms with E-state index in [2.05, 4.69) is 111 Å². The number of amides is 1. The van der Waals surface area contributed by atoms with Crippen LogP contribution in [0.3, 0.4) is 0 Å². The van der Waals surface area contributed by atoms with Gasteiger partial charge in [-0.3, -0.25) is 18.6 Å². The van der Waals surface area contributed by atoms with Gasteiger partial charge in [0.05, 0.1) is 33.8 Å². The van der Waals surface area contributed by atoms with Gasteiger partial charge in [0.1, 0.15) is 19.3 Å². The fourth-order valence-corrected chi connectivity index (χ4v) is 8.15. The van der Waals surface area contributed by atoms with Crippen molar-refractivity contribution in [3.8, 4) is 0 Å². The highest BCUT2D eigenvalue weighted by Crippen LogP contribution is 2.43. The van der Waals surface area contributed by atoms with E-state index in [0.717, 1.165) is 96.3 Å². The molecule has 0 rings (SSSR count). The molecule has 0 aromatic rings. The van der Waals surface area contributed by atoms with Crippen molar-refractivity contribution < 1.29 is 37.3 Å². The number of allylic oxidation sites excluding steroid dienone is 17. The maximum absolute atomic E-state index is 13.5. The number of hydrogen-bond donors (Lipinski definition) is 2. The molecule has 1 amide bonds. The van der Waals surface area contributed by atoms with Crippen LogP contribution in [0.2, 0.25) is 0 Å². The number of likely N-dealkylation sites (N-methyl/N-ethyl adjacent to an activating group) is 1. The second kappa shape index (κ2) is 50.2. The number of carbonyl (C=O) groups excluding carboxylic acids is 2. The van der Waals surface area contributed by atoms with E-state index in [1.165, 1.54) is 70.6 Å². The normalized spacial score (nSPS) is 14.6. The van der Waals surface area contributed by atoms with Gasteiger partial charge in [0.15, 0.2) is 0 Å². The van der Waals surface area contributed by atoms with Crippen molar-refractivity contribution in [3.05, 3.63) is 109 Å². The standard InChI is InChI=1S/C61H105N2O7P/c1-7-10-13-16-19-22-25-28-30-31-32-33-34-35-38-41-44-47-50-53-60(64)62-58(57-69-71(66,67)68-56-55-63(4,5)6)59(52-49-46-43-40-37-27-24-21-18-15-12-9-3)70-61(65)54-51-48-45-42-39-36-29-26-23-20-17-14-11-8-2/h10-11,13-14,19-20,22-23,28,30,32-33,35,38,44,47,49,52,58-59H,7-9,12,15-18,21,24-27,29,31,34,36-37,39-43,45-46,48,50-51,53-57H2,1-6H3,(H-,62,64,66,67)/p+1/b13-10-,14-11+,22-19-,23-20+,30-28-,33-32-,38-35-,47-44-,52-49-. The Morgan fingerprint density at radius 3 is 1.38 bits per heavy atom. The fourth-order valence-electron chi connectivity index (χ4n) is 7.41. The molecule has 3 unspecified atom stereocenters. The van der Waals surface area contributed by atoms with Crippen molar-refractivity contribution in [2.45, 2.75) is 226 Å². The lowest BCUT2D eigenvalue weighted by Crippen LogP contribution is -2.47. The van der Waals surface area contributed by atoms with E-state index < -0.39 is 20.0 Å². The van der Waals surface area contributed by atoms with Gasteiger partial charge in [0.25, 0.3) is 0 Å². The maximum atomic E-state index is 13.5. The second-order valence-corrected chi connectivity index (χ2v) is 21.1. The van der Waals surface area contributed by atoms with E-state index in [4.69, 9.17) is 13.8 Å². The average Bonchev–Trinajstić information content (AvgIpc) is 3.33. The smallest absolute Gasteiger partial charge is 0.456 e. The molecule has 0 saturated heterocycles. The lowest BCUT2D eigenvalue weighted by atomic mass is 10.1. The van der Waals surface area contributed by atoms with E-state index in [9.17, 15) is 19.0 Å². The quantitative estimate of drug-likeness (QED) is 0.0205. The van der Waals surface area contributed by atoms with Crippen LogP contribution in [0.15, 0.2) is 109 Å². The fraction of sp³-hybridized carbons (Fsp3) is 0.672. The van der Waals surface area contributed by atoms with Gasteiger partial charge in [-0.15, -0.1) is 0 Å². The molecular formula is C61H106N2O7P+. The zero-order valence-electron chi connectivity index (χ0n) is 46.2. The predicted octanol–water partition coefficient (Wildman–Crippen LogP) is 17.0. The molecule has 71 heavy (non-hydrogen) atoms. The van der Waals surface area contributed by atoms with Gasteiger partial charge in [0, 0.05) is 12.8 Å². The largest absolute Gasteiger partial charge is 0.472 e. The summed E-state index contributed by atoms with van der Waals surface area (Å²) >= 11 is 0. The summed E-state index contributed by atoms with van der Waals surface area (Å²) in [6.07, 6.45) is 68.2. The molecule has 0 radical (unpaired) electrons. The summed E-state index contributed by atoms with van der Waals surface area (Å²) in [5.74, 6) is -0.621. The van der Waals surface area contributed by atoms with Crippen LogP contribution in [-0.2, 0) is 27.9 Å². The molecule has 3 atom stereocenters. The number of quaternary nitrogens is 1. The third kappa shape index (κ3) is 51.4. The number of ether oxygens (including phenoxy) is 1. The topological polar surface area (TPSA) is 111 Å². The van der Waals surface area contributed by atoms with Gasteiger partial charge in [-0.1, -0.05) is 214 Å². The molecule has 0 heterocycles. The number of phosphoric ester groups is 1. The van der Waals surface area contributed by atoms with Crippen molar-refractivity contribution in [3.63, 3.8) is 0 Å². The van der Waals surface area contributed by atoms with Crippen LogP contribution in [-0.4, -0.2) is 74.3 Å². The molecule has 2 N–H and O–H groups in total. The Labute approximate surface area is 436 Å². The first-order valence-corrected chi connectivity index (χ1v) is 29.7. The summed E-state index contributed by atoms with van der Waals surface area (Å²) in [6, 6.07) is -0.897. The van der Waals surface area contributed by atoms with Gasteiger partial charge in [-0.05, 0) is 96.0 Å². The third-order valence-electron chi connectivity index (χ3n) is 11.7. The Balaban J connectivity index is 5.49. The predicted molar refractivity (Wildman–Crippen MR) is 304 cm³/mol. The van der Waals surface area contributed by atoms with Gasteiger partial charge in [-0.25, -0.2) is 4.57 Å². The highest BCUT2D eigenvalue weighted by atomic mass is 31.2. The SMILES string of the molecule is CC/C=C\C/C=C\C/C=C\C/C=C\C/C=C\C/C=C\CCC(=O)NC(COP(=O)(O)OCC[N+](C)(C)C)C(/C=C\CCCCCCCCCCCC)OC(=O)CCCCCCCCC/C=C/C/C=C/CC. The van der Waals surface area contributed by atoms with Gasteiger partial charge in [-0.2, -0.15) is 0 Å². The van der Waals surface area contributed by atoms with Crippen LogP contribution >= 0.6 is 7.82 Å². The van der Waals surface area contributed by atoms with E-state index >= 15 is 0 Å². The van der Waals surface area contributed by atoms with Crippen molar-refractivity contribution in [2.75, 3.05) is 40.9 Å². The summed E-state index contributed by atoms with van der Waals surface area (Å²) in [5, 5.41) is 2.99. The van der Waals surface area contributed by atoms with Gasteiger partial charge < -0.3 is 19.4 Å². The van der Waals surface area contributed by atoms with Crippen molar-refractivity contribution in [1.82, 2.24) is 5.32 Å². The minimum atomic E-state index is -4.47. The number of nitrogens with one attached hydrogen (secondary N) is 1. The average molecular weight is 1010 g/mol. The van der Waals surface area contributed by atoms with E-state index in [0.29, 0.717) is 23.9 Å². The highest BCUT2D eigenvalue weighted by Gasteiger charge is 2.30. The lowest BCUT2D eigenvalue weighted by molar-refractivity contribution is -0.870. The highest BCUT2D eigenvalue weighted by molar-refractivity contribution is 7.47. The van der Waals surface area contributed by atoms with E-state index in [1.54, 1.807) is 0 Å². The Kier molecular flexibility index (Phi) is 47.9. The zero-order valence-corrected chi connectivity index (χ0v) is 47.1. The molecule has 0 spiro atoms. The molecule has 0 bridgehead atoms. The third-order valence-corrected chi connectivity index (χ3v) is 12.7. The first kappa shape index (κ1) is 67.7. The molecular weight excluding hydrogens is 904 g/mol. The first-order valence-electron chi connectivity index (χ1n) is 28.2. The summed E-state index contributed by atoms with van der Waals surface area (Å²) < 4.78 is 30.5. The Morgan fingerprint density at radius 2 is 0.915 bits per heavy atom. The summed E-state index contributed by atoms with van der Waals surface area (Å²) in [6.45, 7) is 6.70. The Hall–Kier alpha value is -3.33. The number of nitrogens with zero attached hydrogens (tertiary/aromatic N) is 1. The van der Waals surface area contributed by atoms with E-state index in [1.807, 2.05) is 45.4 Å². The number of phosphoric acid groups is 1. The van der Waals surface area contributed by atoms with Crippen LogP contribution in [0.5, 0.6) is 0 Å². The van der Waals surface area contributed by atoms with Crippen LogP contribution in [0, 0.1) is 0 Å². The molecule has 0 aliphatic rings. The van der Waals surface area contributed by atoms with E-state index in [-0.39, 0.29) is 37.9 Å². The molecule has 0 aliphatic carbocycles. The van der Waals surface area contributed by atoms with Crippen LogP contribution < -0.4 is 5.32 Å². The van der Waals surface area contributed by atoms with Gasteiger partial charge in [0.2, 0.25) is 5.91 Å². The molecule has 406 valence electrons. The number of carbonyl (C=O) groups is 2. The Morgan fingerprint density at radius 1 is 0.507 bits per heavy atom. The number of rotatable bonds is 49. The molecule has 0 aromatic heterocycles. The second-order valence-electron chi connectivity index (χ2n) is 19.7. The monoisotopic (exact) mass is 1010 g/mol. The Bertz CT molecular complexity index is 1580. The molecule has 9 nitrogen and oxygen atoms in total. The first-order chi connectivity index (χ1) is 34.4. The van der Waals surface area contributed by atoms with Crippen molar-refractivity contribution in [2.24, 2.45) is 0 Å². The summed E-state index contributed by atoms with van der Waals surface area (Å²) in [7, 11) is 1.43. The molecule has 0 aliphatic heterocycles. The van der Waals surface area contributed by atoms with Gasteiger partial charge >= 0.3 is 13.8 Å². The minimum absolute atomic E-state index is 0.0198. The van der Waals surface area contributed by atoms with Crippen molar-refractivity contribution in [1.29, 1.82) is 0 Å². The number of unbranched alkanes of at least 4 members (excludes halogenated alkanes) is 17. The summed E-state index contributed by atoms with van der Waals surface area (Å²) in [4.78, 5) is 37.5. The number of esters is 1. The van der Waals surface area contributed by atoms with Crippen LogP contribution in [0.1, 0.15) is 213 Å². The molecule has 0 aromatic carbocycles. The van der Waals surface area contributed by atoms with Crippen molar-refractivity contribution >= 4 is 19.7 Å². The molecule has 10 heteroatoms. The zero-order chi connectivity index (χ0) is 52.2. The lowest BCUT2D eigenvalue weighted by Gasteiger charge is -2.27. The number of hydrogen-bond acceptors (Lipinski definition) is 6.